The Bertz CT molecular complexity index is 704. The maximum atomic E-state index is 12.6. The second-order valence-electron chi connectivity index (χ2n) is 7.78. The van der Waals surface area contributed by atoms with Crippen LogP contribution in [0, 0.1) is 5.21 Å². The van der Waals surface area contributed by atoms with Crippen LogP contribution in [0.15, 0.2) is 48.5 Å². The van der Waals surface area contributed by atoms with E-state index in [0.29, 0.717) is 17.5 Å². The molecule has 144 valence electrons. The minimum absolute atomic E-state index is 0.0459. The molecule has 2 aliphatic heterocycles. The molecule has 2 saturated heterocycles. The molecule has 27 heavy (non-hydrogen) atoms. The molecule has 2 aromatic carbocycles. The molecular weight excluding hydrogens is 336 g/mol. The van der Waals surface area contributed by atoms with Crippen LogP contribution in [-0.2, 0) is 0 Å². The third-order valence-corrected chi connectivity index (χ3v) is 5.88. The fraction of sp³-hybridized carbons (Fsp3) is 0.455. The van der Waals surface area contributed by atoms with Crippen LogP contribution < -0.4 is 21.2 Å². The van der Waals surface area contributed by atoms with E-state index in [9.17, 15) is 5.21 Å². The molecule has 0 aromatic heterocycles. The molecule has 0 saturated carbocycles. The van der Waals surface area contributed by atoms with Crippen LogP contribution in [0.3, 0.4) is 0 Å². The molecule has 0 radical (unpaired) electrons. The molecule has 0 amide bonds. The molecule has 2 heterocycles. The Morgan fingerprint density at radius 2 is 1.30 bits per heavy atom. The normalized spacial score (nSPS) is 24.3. The van der Waals surface area contributed by atoms with Crippen molar-refractivity contribution in [3.05, 3.63) is 64.9 Å². The van der Waals surface area contributed by atoms with Crippen molar-refractivity contribution in [2.24, 2.45) is 0 Å². The zero-order valence-electron chi connectivity index (χ0n) is 15.8. The highest BCUT2D eigenvalue weighted by molar-refractivity contribution is 5.44. The van der Waals surface area contributed by atoms with Gasteiger partial charge in [-0.1, -0.05) is 24.3 Å². The van der Waals surface area contributed by atoms with Crippen molar-refractivity contribution >= 4 is 11.4 Å². The van der Waals surface area contributed by atoms with E-state index in [2.05, 4.69) is 40.3 Å². The van der Waals surface area contributed by atoms with Crippen LogP contribution >= 0.6 is 0 Å². The summed E-state index contributed by atoms with van der Waals surface area (Å²) in [5, 5.41) is 19.4. The van der Waals surface area contributed by atoms with E-state index < -0.39 is 0 Å². The van der Waals surface area contributed by atoms with Crippen molar-refractivity contribution in [1.29, 1.82) is 0 Å². The lowest BCUT2D eigenvalue weighted by Crippen LogP contribution is -3.05. The first kappa shape index (κ1) is 18.4. The Morgan fingerprint density at radius 1 is 0.778 bits per heavy atom. The molecule has 2 aliphatic rings. The standard InChI is InChI=1S/C22H30N4O/c27-26(22-11-7-18(8-12-22)20-4-2-14-24-16-20)25-21-9-5-17(6-10-21)19-3-1-13-23-15-19/h5-12,19-20,23-26H,1-4,13-16H2. The maximum Gasteiger partial charge on any atom is 0.155 e. The maximum absolute atomic E-state index is 12.6. The summed E-state index contributed by atoms with van der Waals surface area (Å²) in [5.41, 5.74) is 7.26. The van der Waals surface area contributed by atoms with Crippen LogP contribution in [0.25, 0.3) is 0 Å². The van der Waals surface area contributed by atoms with Gasteiger partial charge in [-0.2, -0.15) is 0 Å². The van der Waals surface area contributed by atoms with Crippen LogP contribution in [0.5, 0.6) is 0 Å². The average Bonchev–Trinajstić information content (AvgIpc) is 2.76. The van der Waals surface area contributed by atoms with Gasteiger partial charge in [0.1, 0.15) is 0 Å². The molecule has 3 atom stereocenters. The summed E-state index contributed by atoms with van der Waals surface area (Å²) in [7, 11) is 0. The van der Waals surface area contributed by atoms with Gasteiger partial charge in [-0.05, 0) is 73.9 Å². The van der Waals surface area contributed by atoms with E-state index in [-0.39, 0.29) is 5.17 Å². The van der Waals surface area contributed by atoms with Gasteiger partial charge >= 0.3 is 0 Å². The predicted octanol–water partition coefficient (Wildman–Crippen LogP) is 2.66. The summed E-state index contributed by atoms with van der Waals surface area (Å²) in [6.07, 6.45) is 4.92. The monoisotopic (exact) mass is 366 g/mol. The first-order valence-corrected chi connectivity index (χ1v) is 10.2. The molecule has 0 bridgehead atoms. The van der Waals surface area contributed by atoms with Crippen molar-refractivity contribution in [1.82, 2.24) is 10.6 Å². The van der Waals surface area contributed by atoms with Crippen LogP contribution in [0.4, 0.5) is 11.4 Å². The summed E-state index contributed by atoms with van der Waals surface area (Å²) in [4.78, 5) is 0. The molecule has 2 aromatic rings. The molecule has 0 aliphatic carbocycles. The number of rotatable bonds is 5. The number of quaternary nitrogens is 1. The van der Waals surface area contributed by atoms with Crippen LogP contribution in [-0.4, -0.2) is 26.2 Å². The Labute approximate surface area is 161 Å². The van der Waals surface area contributed by atoms with E-state index >= 15 is 0 Å². The SMILES string of the molecule is [O-][NH+](Nc1ccc(C2CCCNC2)cc1)c1ccc(C2CCCNC2)cc1. The van der Waals surface area contributed by atoms with Crippen LogP contribution in [0.2, 0.25) is 0 Å². The van der Waals surface area contributed by atoms with Gasteiger partial charge in [0.15, 0.2) is 5.69 Å². The Hall–Kier alpha value is -1.92. The van der Waals surface area contributed by atoms with Crippen LogP contribution in [0.1, 0.15) is 48.6 Å². The molecule has 4 N–H and O–H groups in total. The van der Waals surface area contributed by atoms with Gasteiger partial charge in [0.2, 0.25) is 0 Å². The first-order chi connectivity index (χ1) is 13.3. The summed E-state index contributed by atoms with van der Waals surface area (Å²) in [5.74, 6) is 1.16. The lowest BCUT2D eigenvalue weighted by Gasteiger charge is -2.26. The highest BCUT2D eigenvalue weighted by atomic mass is 16.5. The lowest BCUT2D eigenvalue weighted by atomic mass is 9.91. The van der Waals surface area contributed by atoms with Gasteiger partial charge < -0.3 is 15.8 Å². The van der Waals surface area contributed by atoms with Crippen molar-refractivity contribution in [3.8, 4) is 0 Å². The molecule has 0 spiro atoms. The summed E-state index contributed by atoms with van der Waals surface area (Å²) >= 11 is 0. The second kappa shape index (κ2) is 8.85. The van der Waals surface area contributed by atoms with Crippen molar-refractivity contribution < 1.29 is 5.17 Å². The van der Waals surface area contributed by atoms with Gasteiger partial charge in [0.05, 0.1) is 5.69 Å². The molecule has 5 heteroatoms. The fourth-order valence-corrected chi connectivity index (χ4v) is 4.22. The Morgan fingerprint density at radius 3 is 1.78 bits per heavy atom. The van der Waals surface area contributed by atoms with Gasteiger partial charge in [0.25, 0.3) is 0 Å². The number of nitrogens with one attached hydrogen (secondary N) is 4. The van der Waals surface area contributed by atoms with E-state index in [1.807, 2.05) is 24.3 Å². The predicted molar refractivity (Wildman–Crippen MR) is 110 cm³/mol. The van der Waals surface area contributed by atoms with Gasteiger partial charge in [0, 0.05) is 25.2 Å². The van der Waals surface area contributed by atoms with E-state index in [1.165, 1.54) is 36.8 Å². The molecule has 4 rings (SSSR count). The topological polar surface area (TPSA) is 63.6 Å². The number of hydrogen-bond acceptors (Lipinski definition) is 4. The summed E-state index contributed by atoms with van der Waals surface area (Å²) in [6, 6.07) is 16.4. The van der Waals surface area contributed by atoms with Gasteiger partial charge in [-0.25, -0.2) is 10.6 Å². The van der Waals surface area contributed by atoms with Crippen molar-refractivity contribution in [3.63, 3.8) is 0 Å². The van der Waals surface area contributed by atoms with Crippen molar-refractivity contribution in [2.75, 3.05) is 31.6 Å². The minimum Gasteiger partial charge on any atom is -0.603 e. The smallest absolute Gasteiger partial charge is 0.155 e. The highest BCUT2D eigenvalue weighted by Gasteiger charge is 2.16. The Balaban J connectivity index is 1.36. The number of piperidine rings is 2. The van der Waals surface area contributed by atoms with E-state index in [4.69, 9.17) is 0 Å². The summed E-state index contributed by atoms with van der Waals surface area (Å²) < 4.78 is 0. The zero-order chi connectivity index (χ0) is 18.5. The lowest BCUT2D eigenvalue weighted by molar-refractivity contribution is -0.749. The number of anilines is 1. The minimum atomic E-state index is -0.0459. The van der Waals surface area contributed by atoms with Gasteiger partial charge in [-0.3, -0.25) is 0 Å². The molecule has 3 unspecified atom stereocenters. The largest absolute Gasteiger partial charge is 0.603 e. The number of hydrogen-bond donors (Lipinski definition) is 4. The van der Waals surface area contributed by atoms with E-state index in [0.717, 1.165) is 31.9 Å². The fourth-order valence-electron chi connectivity index (χ4n) is 4.22. The molecule has 2 fully saturated rings. The third kappa shape index (κ3) is 4.68. The highest BCUT2D eigenvalue weighted by Crippen LogP contribution is 2.25. The molecule has 5 nitrogen and oxygen atoms in total. The third-order valence-electron chi connectivity index (χ3n) is 5.88. The number of benzene rings is 2. The van der Waals surface area contributed by atoms with E-state index in [1.54, 1.807) is 0 Å². The quantitative estimate of drug-likeness (QED) is 0.615. The van der Waals surface area contributed by atoms with Gasteiger partial charge in [-0.15, -0.1) is 0 Å². The molecular formula is C22H30N4O. The second-order valence-corrected chi connectivity index (χ2v) is 7.78. The van der Waals surface area contributed by atoms with Crippen molar-refractivity contribution in [2.45, 2.75) is 37.5 Å². The zero-order valence-corrected chi connectivity index (χ0v) is 15.8. The summed E-state index contributed by atoms with van der Waals surface area (Å²) in [6.45, 7) is 4.33. The first-order valence-electron chi connectivity index (χ1n) is 10.2. The average molecular weight is 367 g/mol. The Kier molecular flexibility index (Phi) is 6.04.